The average Bonchev–Trinajstić information content (AvgIpc) is 3.32. The van der Waals surface area contributed by atoms with Crippen molar-refractivity contribution in [2.45, 2.75) is 25.5 Å². The molecule has 2 aromatic rings. The summed E-state index contributed by atoms with van der Waals surface area (Å²) in [5, 5.41) is 0.579. The molecular formula is C22H20ClNO4. The highest BCUT2D eigenvalue weighted by Crippen LogP contribution is 2.42. The minimum absolute atomic E-state index is 0.131. The van der Waals surface area contributed by atoms with Gasteiger partial charge in [0.15, 0.2) is 5.76 Å². The van der Waals surface area contributed by atoms with Crippen molar-refractivity contribution in [1.82, 2.24) is 4.90 Å². The summed E-state index contributed by atoms with van der Waals surface area (Å²) in [5.41, 5.74) is 2.24. The average molecular weight is 398 g/mol. The van der Waals surface area contributed by atoms with Gasteiger partial charge in [0, 0.05) is 24.7 Å². The van der Waals surface area contributed by atoms with Crippen LogP contribution in [0.4, 0.5) is 0 Å². The topological polar surface area (TPSA) is 48.0 Å². The fraction of sp³-hybridized carbons (Fsp3) is 0.318. The number of allylic oxidation sites excluding steroid dienone is 1. The van der Waals surface area contributed by atoms with E-state index in [1.807, 2.05) is 24.3 Å². The molecule has 1 unspecified atom stereocenters. The van der Waals surface area contributed by atoms with Gasteiger partial charge in [0.2, 0.25) is 5.78 Å². The van der Waals surface area contributed by atoms with Gasteiger partial charge in [0.05, 0.1) is 17.2 Å². The lowest BCUT2D eigenvalue weighted by Gasteiger charge is -2.31. The third kappa shape index (κ3) is 3.20. The second-order valence-corrected chi connectivity index (χ2v) is 7.71. The maximum Gasteiger partial charge on any atom is 0.231 e. The first-order valence-corrected chi connectivity index (χ1v) is 9.88. The Labute approximate surface area is 168 Å². The standard InChI is InChI=1S/C22H20ClNO4/c23-18-6-2-1-4-14(18)10-20-21(25)16-7-8-19-17(22(16)28-20)12-24(13-27-19)11-15-5-3-9-26-15/h1-2,4,6-8,10,15H,3,5,9,11-13H2/b20-10-. The van der Waals surface area contributed by atoms with Crippen LogP contribution in [-0.4, -0.2) is 36.7 Å². The monoisotopic (exact) mass is 397 g/mol. The molecule has 0 amide bonds. The summed E-state index contributed by atoms with van der Waals surface area (Å²) in [5.74, 6) is 1.52. The van der Waals surface area contributed by atoms with Gasteiger partial charge < -0.3 is 14.2 Å². The Bertz CT molecular complexity index is 965. The van der Waals surface area contributed by atoms with Gasteiger partial charge in [0.25, 0.3) is 0 Å². The van der Waals surface area contributed by atoms with Crippen molar-refractivity contribution in [1.29, 1.82) is 0 Å². The van der Waals surface area contributed by atoms with Gasteiger partial charge in [-0.2, -0.15) is 0 Å². The fourth-order valence-corrected chi connectivity index (χ4v) is 4.12. The number of Topliss-reactive ketones (excluding diaryl/α,β-unsaturated/α-hetero) is 1. The Hall–Kier alpha value is -2.34. The van der Waals surface area contributed by atoms with Gasteiger partial charge in [-0.1, -0.05) is 29.8 Å². The second kappa shape index (κ2) is 7.24. The van der Waals surface area contributed by atoms with E-state index in [9.17, 15) is 4.79 Å². The number of ether oxygens (including phenoxy) is 3. The Morgan fingerprint density at radius 2 is 2.11 bits per heavy atom. The minimum atomic E-state index is -0.131. The summed E-state index contributed by atoms with van der Waals surface area (Å²) in [7, 11) is 0. The molecule has 5 rings (SSSR count). The number of carbonyl (C=O) groups excluding carboxylic acids is 1. The lowest BCUT2D eigenvalue weighted by atomic mass is 10.0. The third-order valence-corrected chi connectivity index (χ3v) is 5.70. The van der Waals surface area contributed by atoms with Crippen LogP contribution in [0, 0.1) is 0 Å². The Kier molecular flexibility index (Phi) is 4.59. The van der Waals surface area contributed by atoms with E-state index >= 15 is 0 Å². The van der Waals surface area contributed by atoms with Crippen molar-refractivity contribution in [3.05, 3.63) is 63.9 Å². The van der Waals surface area contributed by atoms with Crippen LogP contribution in [0.3, 0.4) is 0 Å². The number of nitrogens with zero attached hydrogens (tertiary/aromatic N) is 1. The van der Waals surface area contributed by atoms with Crippen LogP contribution in [0.1, 0.15) is 34.3 Å². The van der Waals surface area contributed by atoms with Gasteiger partial charge in [-0.05, 0) is 42.7 Å². The molecule has 28 heavy (non-hydrogen) atoms. The zero-order chi connectivity index (χ0) is 19.1. The number of halogens is 1. The van der Waals surface area contributed by atoms with Crippen molar-refractivity contribution in [3.63, 3.8) is 0 Å². The van der Waals surface area contributed by atoms with E-state index in [-0.39, 0.29) is 17.6 Å². The molecule has 0 spiro atoms. The van der Waals surface area contributed by atoms with Crippen molar-refractivity contribution in [3.8, 4) is 11.5 Å². The highest BCUT2D eigenvalue weighted by molar-refractivity contribution is 6.32. The molecule has 3 aliphatic rings. The maximum absolute atomic E-state index is 12.8. The van der Waals surface area contributed by atoms with Gasteiger partial charge in [-0.15, -0.1) is 0 Å². The molecule has 0 saturated carbocycles. The van der Waals surface area contributed by atoms with Crippen LogP contribution in [0.5, 0.6) is 11.5 Å². The Morgan fingerprint density at radius 3 is 2.93 bits per heavy atom. The van der Waals surface area contributed by atoms with Crippen LogP contribution in [0.25, 0.3) is 6.08 Å². The summed E-state index contributed by atoms with van der Waals surface area (Å²) in [6.45, 7) is 2.84. The quantitative estimate of drug-likeness (QED) is 0.723. The molecule has 3 heterocycles. The molecule has 144 valence electrons. The number of rotatable bonds is 3. The molecule has 0 N–H and O–H groups in total. The zero-order valence-electron chi connectivity index (χ0n) is 15.3. The third-order valence-electron chi connectivity index (χ3n) is 5.36. The van der Waals surface area contributed by atoms with Gasteiger partial charge in [-0.3, -0.25) is 9.69 Å². The lowest BCUT2D eigenvalue weighted by Crippen LogP contribution is -2.37. The SMILES string of the molecule is O=C1/C(=C/c2ccccc2Cl)Oc2c1ccc1c2CN(CC2CCCO2)CO1. The molecule has 5 nitrogen and oxygen atoms in total. The zero-order valence-corrected chi connectivity index (χ0v) is 16.1. The molecule has 1 fully saturated rings. The first kappa shape index (κ1) is 17.7. The predicted molar refractivity (Wildman–Crippen MR) is 106 cm³/mol. The lowest BCUT2D eigenvalue weighted by molar-refractivity contribution is 0.0274. The van der Waals surface area contributed by atoms with Gasteiger partial charge in [0.1, 0.15) is 18.2 Å². The highest BCUT2D eigenvalue weighted by atomic mass is 35.5. The van der Waals surface area contributed by atoms with Crippen molar-refractivity contribution in [2.24, 2.45) is 0 Å². The van der Waals surface area contributed by atoms with Crippen LogP contribution in [-0.2, 0) is 11.3 Å². The van der Waals surface area contributed by atoms with Crippen LogP contribution >= 0.6 is 11.6 Å². The smallest absolute Gasteiger partial charge is 0.231 e. The van der Waals surface area contributed by atoms with Crippen LogP contribution < -0.4 is 9.47 Å². The summed E-state index contributed by atoms with van der Waals surface area (Å²) < 4.78 is 17.7. The summed E-state index contributed by atoms with van der Waals surface area (Å²) in [4.78, 5) is 15.0. The molecule has 6 heteroatoms. The van der Waals surface area contributed by atoms with Crippen molar-refractivity contribution in [2.75, 3.05) is 19.9 Å². The molecule has 0 radical (unpaired) electrons. The number of hydrogen-bond donors (Lipinski definition) is 0. The van der Waals surface area contributed by atoms with E-state index in [1.165, 1.54) is 0 Å². The molecule has 1 atom stereocenters. The molecule has 0 bridgehead atoms. The summed E-state index contributed by atoms with van der Waals surface area (Å²) >= 11 is 6.23. The normalized spacial score (nSPS) is 22.7. The summed E-state index contributed by atoms with van der Waals surface area (Å²) in [6.07, 6.45) is 4.14. The van der Waals surface area contributed by atoms with Crippen LogP contribution in [0.15, 0.2) is 42.2 Å². The number of ketones is 1. The van der Waals surface area contributed by atoms with E-state index in [0.29, 0.717) is 29.6 Å². The molecule has 0 aromatic heterocycles. The maximum atomic E-state index is 12.8. The number of carbonyl (C=O) groups is 1. The Morgan fingerprint density at radius 1 is 1.21 bits per heavy atom. The number of fused-ring (bicyclic) bond motifs is 3. The summed E-state index contributed by atoms with van der Waals surface area (Å²) in [6, 6.07) is 11.0. The highest BCUT2D eigenvalue weighted by Gasteiger charge is 2.34. The van der Waals surface area contributed by atoms with E-state index in [1.54, 1.807) is 18.2 Å². The molecular weight excluding hydrogens is 378 g/mol. The molecule has 3 aliphatic heterocycles. The van der Waals surface area contributed by atoms with E-state index in [0.717, 1.165) is 42.9 Å². The van der Waals surface area contributed by atoms with E-state index < -0.39 is 0 Å². The Balaban J connectivity index is 1.43. The molecule has 0 aliphatic carbocycles. The van der Waals surface area contributed by atoms with Gasteiger partial charge in [-0.25, -0.2) is 0 Å². The van der Waals surface area contributed by atoms with E-state index in [4.69, 9.17) is 25.8 Å². The molecule has 2 aromatic carbocycles. The minimum Gasteiger partial charge on any atom is -0.478 e. The van der Waals surface area contributed by atoms with Crippen LogP contribution in [0.2, 0.25) is 5.02 Å². The van der Waals surface area contributed by atoms with Gasteiger partial charge >= 0.3 is 0 Å². The molecule has 1 saturated heterocycles. The fourth-order valence-electron chi connectivity index (χ4n) is 3.93. The van der Waals surface area contributed by atoms with E-state index in [2.05, 4.69) is 4.90 Å². The first-order valence-electron chi connectivity index (χ1n) is 9.50. The first-order chi connectivity index (χ1) is 13.7. The number of hydrogen-bond acceptors (Lipinski definition) is 5. The van der Waals surface area contributed by atoms with Crippen molar-refractivity contribution >= 4 is 23.5 Å². The number of benzene rings is 2. The van der Waals surface area contributed by atoms with Crippen molar-refractivity contribution < 1.29 is 19.0 Å². The largest absolute Gasteiger partial charge is 0.478 e. The second-order valence-electron chi connectivity index (χ2n) is 7.30. The predicted octanol–water partition coefficient (Wildman–Crippen LogP) is 4.29.